The Morgan fingerprint density at radius 3 is 1.69 bits per heavy atom. The van der Waals surface area contributed by atoms with Crippen LogP contribution in [0.1, 0.15) is 163 Å². The Morgan fingerprint density at radius 2 is 1.26 bits per heavy atom. The topological polar surface area (TPSA) is 93.8 Å². The summed E-state index contributed by atoms with van der Waals surface area (Å²) in [6.45, 7) is 10.4. The average Bonchev–Trinajstić information content (AvgIpc) is 3.20. The molecular weight excluding hydrogens is 595 g/mol. The summed E-state index contributed by atoms with van der Waals surface area (Å²) in [6.07, 6.45) is 27.5. The quantitative estimate of drug-likeness (QED) is 0.0598. The van der Waals surface area contributed by atoms with E-state index in [4.69, 9.17) is 0 Å². The monoisotopic (exact) mass is 660 g/mol. The van der Waals surface area contributed by atoms with Crippen LogP contribution in [0.15, 0.2) is 0 Å². The van der Waals surface area contributed by atoms with Gasteiger partial charge >= 0.3 is 5.97 Å². The van der Waals surface area contributed by atoms with E-state index >= 15 is 0 Å². The van der Waals surface area contributed by atoms with Crippen LogP contribution in [-0.4, -0.2) is 92.2 Å². The van der Waals surface area contributed by atoms with Gasteiger partial charge in [0.15, 0.2) is 11.8 Å². The maximum atomic E-state index is 12.1. The summed E-state index contributed by atoms with van der Waals surface area (Å²) in [5.74, 6) is -0.738. The fraction of sp³-hybridized carbons (Fsp3) is 0.938. The van der Waals surface area contributed by atoms with Gasteiger partial charge in [0, 0.05) is 43.3 Å². The summed E-state index contributed by atoms with van der Waals surface area (Å²) < 4.78 is 2.40. The number of carboxylic acid groups (broad SMARTS) is 1. The van der Waals surface area contributed by atoms with E-state index in [1.807, 2.05) is 0 Å². The molecule has 1 atom stereocenters. The van der Waals surface area contributed by atoms with Crippen molar-refractivity contribution in [2.45, 2.75) is 174 Å². The van der Waals surface area contributed by atoms with E-state index in [-0.39, 0.29) is 48.0 Å². The first kappa shape index (κ1) is 41.0. The summed E-state index contributed by atoms with van der Waals surface area (Å²) in [7, 11) is 0. The van der Waals surface area contributed by atoms with E-state index < -0.39 is 11.6 Å². The van der Waals surface area contributed by atoms with Crippen molar-refractivity contribution in [2.24, 2.45) is 0 Å². The van der Waals surface area contributed by atoms with Crippen LogP contribution in [0.2, 0.25) is 0 Å². The largest absolute Gasteiger partial charge is 0.870 e. The molecule has 0 fully saturated rings. The first-order valence-electron chi connectivity index (χ1n) is 16.0. The van der Waals surface area contributed by atoms with Crippen LogP contribution in [-0.2, 0) is 4.79 Å². The zero-order chi connectivity index (χ0) is 27.4. The van der Waals surface area contributed by atoms with Crippen molar-refractivity contribution in [2.75, 3.05) is 19.7 Å². The zero-order valence-electron chi connectivity index (χ0n) is 26.2. The van der Waals surface area contributed by atoms with Crippen molar-refractivity contribution < 1.29 is 25.1 Å². The molecule has 0 amide bonds. The van der Waals surface area contributed by atoms with E-state index in [0.29, 0.717) is 6.54 Å². The molecule has 1 heterocycles. The number of aliphatic carboxylic acids is 1. The molecule has 1 aliphatic heterocycles. The number of carbonyl (C=O) groups is 1. The summed E-state index contributed by atoms with van der Waals surface area (Å²) in [4.78, 5) is 14.4. The van der Waals surface area contributed by atoms with E-state index in [0.717, 1.165) is 32.2 Å². The van der Waals surface area contributed by atoms with Crippen LogP contribution < -0.4 is 0 Å². The predicted octanol–water partition coefficient (Wildman–Crippen LogP) is 7.61. The number of unbranched alkanes of at least 4 members (excludes halogenated alkanes) is 16. The van der Waals surface area contributed by atoms with E-state index in [9.17, 15) is 15.0 Å². The number of carboxylic acids is 1. The minimum Gasteiger partial charge on any atom is -0.870 e. The number of aliphatic hydroxyl groups excluding tert-OH is 1. The second-order valence-corrected chi connectivity index (χ2v) is 12.2. The first-order chi connectivity index (χ1) is 17.8. The number of β-amino-alcohol motifs (C(OH)–C–C–N with tert-alkyl or cyclic N) is 1. The molecule has 3 N–H and O–H groups in total. The number of nitrogens with zero attached hydrogens (tertiary/aromatic N) is 2. The van der Waals surface area contributed by atoms with Gasteiger partial charge in [0.25, 0.3) is 0 Å². The Morgan fingerprint density at radius 1 is 0.821 bits per heavy atom. The minimum absolute atomic E-state index is 0. The number of hydrogen-bond donors (Lipinski definition) is 2. The van der Waals surface area contributed by atoms with Crippen LogP contribution >= 0.6 is 0 Å². The summed E-state index contributed by atoms with van der Waals surface area (Å²) >= 11 is 0. The standard InChI is InChI=1S/C32H62N2O3.H2O.Sn/c1-5-7-9-11-13-15-17-19-21-23-31(3,4)34-26-25-33(27-28-35)32(34,29-30(36)37)24-22-20-18-16-14-12-10-8-6-2;;/h26,35H,5-25,27-29H2,1-4H3;1H2;. The zero-order valence-corrected chi connectivity index (χ0v) is 29.0. The maximum absolute atomic E-state index is 12.1. The molecule has 0 aromatic rings. The van der Waals surface area contributed by atoms with E-state index in [2.05, 4.69) is 43.4 Å². The summed E-state index contributed by atoms with van der Waals surface area (Å²) in [5, 5.41) is 19.8. The predicted molar refractivity (Wildman–Crippen MR) is 165 cm³/mol. The second-order valence-electron chi connectivity index (χ2n) is 12.2. The molecule has 0 bridgehead atoms. The first-order valence-corrected chi connectivity index (χ1v) is 16.0. The molecule has 1 unspecified atom stereocenters. The van der Waals surface area contributed by atoms with Gasteiger partial charge in [0.1, 0.15) is 6.42 Å². The number of aliphatic hydroxyl groups is 1. The van der Waals surface area contributed by atoms with Crippen LogP contribution in [0, 0.1) is 0 Å². The molecule has 0 saturated heterocycles. The molecule has 0 saturated carbocycles. The van der Waals surface area contributed by atoms with Gasteiger partial charge in [-0.25, -0.2) is 9.48 Å². The average molecular weight is 660 g/mol. The Kier molecular flexibility index (Phi) is 25.6. The third-order valence-corrected chi connectivity index (χ3v) is 8.55. The molecule has 6 nitrogen and oxygen atoms in total. The minimum atomic E-state index is -0.738. The Balaban J connectivity index is 0. The molecule has 1 rings (SSSR count). The van der Waals surface area contributed by atoms with Crippen molar-refractivity contribution in [1.82, 2.24) is 4.90 Å². The van der Waals surface area contributed by atoms with Gasteiger partial charge in [-0.15, -0.1) is 0 Å². The smallest absolute Gasteiger partial charge is 0.312 e. The third kappa shape index (κ3) is 16.1. The number of rotatable bonds is 25. The fourth-order valence-corrected chi connectivity index (χ4v) is 6.42. The van der Waals surface area contributed by atoms with Crippen LogP contribution in [0.5, 0.6) is 0 Å². The van der Waals surface area contributed by atoms with Crippen LogP contribution in [0.3, 0.4) is 0 Å². The van der Waals surface area contributed by atoms with Crippen molar-refractivity contribution in [1.29, 1.82) is 0 Å². The van der Waals surface area contributed by atoms with Crippen LogP contribution in [0.4, 0.5) is 0 Å². The molecule has 0 aromatic heterocycles. The maximum Gasteiger partial charge on any atom is 0.312 e. The van der Waals surface area contributed by atoms with Gasteiger partial charge < -0.3 is 15.7 Å². The molecule has 39 heavy (non-hydrogen) atoms. The molecule has 230 valence electrons. The van der Waals surface area contributed by atoms with E-state index in [1.165, 1.54) is 103 Å². The van der Waals surface area contributed by atoms with Crippen molar-refractivity contribution in [3.63, 3.8) is 0 Å². The SMILES string of the molecule is CCCCCCCCCCCC(C)(C)[N+]1=CCN(CCO)C1(CCCCCCCCCCC)CC(=O)O.[OH-].[Sn]. The van der Waals surface area contributed by atoms with Crippen molar-refractivity contribution in [3.05, 3.63) is 0 Å². The second kappa shape index (κ2) is 24.4. The van der Waals surface area contributed by atoms with Gasteiger partial charge in [-0.3, -0.25) is 4.79 Å². The van der Waals surface area contributed by atoms with Gasteiger partial charge in [0.05, 0.1) is 13.2 Å². The third-order valence-electron chi connectivity index (χ3n) is 8.55. The molecule has 0 aliphatic carbocycles. The van der Waals surface area contributed by atoms with Gasteiger partial charge in [-0.1, -0.05) is 117 Å². The Labute approximate surface area is 258 Å². The molecule has 7 heteroatoms. The molecule has 4 radical (unpaired) electrons. The van der Waals surface area contributed by atoms with E-state index in [1.54, 1.807) is 0 Å². The Hall–Kier alpha value is -0.181. The van der Waals surface area contributed by atoms with Crippen LogP contribution in [0.25, 0.3) is 0 Å². The van der Waals surface area contributed by atoms with Gasteiger partial charge in [-0.05, 0) is 26.7 Å². The van der Waals surface area contributed by atoms with Crippen molar-refractivity contribution in [3.8, 4) is 0 Å². The molecular formula is C32H64N2O4Sn. The number of hydrogen-bond acceptors (Lipinski definition) is 4. The summed E-state index contributed by atoms with van der Waals surface area (Å²) in [6, 6.07) is 0. The Bertz CT molecular complexity index is 629. The van der Waals surface area contributed by atoms with Gasteiger partial charge in [-0.2, -0.15) is 0 Å². The van der Waals surface area contributed by atoms with Gasteiger partial charge in [0.2, 0.25) is 5.66 Å². The molecule has 1 aliphatic rings. The normalized spacial score (nSPS) is 17.5. The summed E-state index contributed by atoms with van der Waals surface area (Å²) in [5.41, 5.74) is -0.626. The molecule has 0 spiro atoms. The molecule has 0 aromatic carbocycles. The fourth-order valence-electron chi connectivity index (χ4n) is 6.42. The van der Waals surface area contributed by atoms with Crippen molar-refractivity contribution >= 4 is 36.1 Å².